The van der Waals surface area contributed by atoms with Crippen molar-refractivity contribution in [1.29, 1.82) is 0 Å². The molecule has 0 radical (unpaired) electrons. The highest BCUT2D eigenvalue weighted by molar-refractivity contribution is 5.92. The van der Waals surface area contributed by atoms with Crippen molar-refractivity contribution in [1.82, 2.24) is 0 Å². The SMILES string of the molecule is CCc1ccc(CCN=C(N)Nc2ccc(OC)cc2)cc1. The molecule has 3 N–H and O–H groups in total. The molecule has 0 aliphatic heterocycles. The fourth-order valence-electron chi connectivity index (χ4n) is 2.11. The zero-order chi connectivity index (χ0) is 15.8. The van der Waals surface area contributed by atoms with Crippen LogP contribution < -0.4 is 15.8 Å². The Kier molecular flexibility index (Phi) is 5.83. The molecule has 0 aliphatic rings. The summed E-state index contributed by atoms with van der Waals surface area (Å²) in [5.74, 6) is 1.24. The Morgan fingerprint density at radius 1 is 1.05 bits per heavy atom. The van der Waals surface area contributed by atoms with Crippen molar-refractivity contribution in [3.05, 3.63) is 59.7 Å². The summed E-state index contributed by atoms with van der Waals surface area (Å²) < 4.78 is 5.12. The maximum absolute atomic E-state index is 5.89. The van der Waals surface area contributed by atoms with E-state index in [-0.39, 0.29) is 0 Å². The number of aryl methyl sites for hydroxylation is 1. The molecule has 0 spiro atoms. The molecule has 0 saturated heterocycles. The first-order valence-electron chi connectivity index (χ1n) is 7.50. The van der Waals surface area contributed by atoms with Crippen LogP contribution in [0.3, 0.4) is 0 Å². The molecular weight excluding hydrogens is 274 g/mol. The van der Waals surface area contributed by atoms with E-state index < -0.39 is 0 Å². The number of hydrogen-bond donors (Lipinski definition) is 2. The third kappa shape index (κ3) is 4.81. The molecule has 0 atom stereocenters. The number of methoxy groups -OCH3 is 1. The summed E-state index contributed by atoms with van der Waals surface area (Å²) in [5.41, 5.74) is 9.42. The highest BCUT2D eigenvalue weighted by atomic mass is 16.5. The largest absolute Gasteiger partial charge is 0.497 e. The van der Waals surface area contributed by atoms with E-state index in [0.717, 1.165) is 24.3 Å². The average Bonchev–Trinajstić information content (AvgIpc) is 2.56. The number of ether oxygens (including phenoxy) is 1. The third-order valence-corrected chi connectivity index (χ3v) is 3.48. The van der Waals surface area contributed by atoms with Crippen LogP contribution in [0.5, 0.6) is 5.75 Å². The molecule has 2 aromatic carbocycles. The Labute approximate surface area is 132 Å². The lowest BCUT2D eigenvalue weighted by Gasteiger charge is -2.07. The minimum absolute atomic E-state index is 0.426. The van der Waals surface area contributed by atoms with Crippen LogP contribution in [0.15, 0.2) is 53.5 Å². The summed E-state index contributed by atoms with van der Waals surface area (Å²) >= 11 is 0. The van der Waals surface area contributed by atoms with E-state index in [1.807, 2.05) is 24.3 Å². The van der Waals surface area contributed by atoms with Gasteiger partial charge < -0.3 is 15.8 Å². The summed E-state index contributed by atoms with van der Waals surface area (Å²) in [6.07, 6.45) is 1.95. The van der Waals surface area contributed by atoms with Gasteiger partial charge in [0, 0.05) is 12.2 Å². The number of rotatable bonds is 6. The number of nitrogens with two attached hydrogens (primary N) is 1. The van der Waals surface area contributed by atoms with Gasteiger partial charge >= 0.3 is 0 Å². The second-order valence-corrected chi connectivity index (χ2v) is 5.04. The molecule has 0 aliphatic carbocycles. The molecule has 0 amide bonds. The van der Waals surface area contributed by atoms with E-state index >= 15 is 0 Å². The summed E-state index contributed by atoms with van der Waals surface area (Å²) in [6, 6.07) is 16.2. The van der Waals surface area contributed by atoms with E-state index in [1.54, 1.807) is 7.11 Å². The first kappa shape index (κ1) is 15.9. The topological polar surface area (TPSA) is 59.6 Å². The molecule has 0 saturated carbocycles. The van der Waals surface area contributed by atoms with Gasteiger partial charge in [0.1, 0.15) is 5.75 Å². The lowest BCUT2D eigenvalue weighted by atomic mass is 10.1. The van der Waals surface area contributed by atoms with Crippen molar-refractivity contribution in [3.8, 4) is 5.75 Å². The van der Waals surface area contributed by atoms with Gasteiger partial charge in [0.15, 0.2) is 5.96 Å². The van der Waals surface area contributed by atoms with Crippen LogP contribution in [0.2, 0.25) is 0 Å². The molecule has 0 heterocycles. The van der Waals surface area contributed by atoms with E-state index in [2.05, 4.69) is 41.5 Å². The molecule has 0 bridgehead atoms. The fraction of sp³-hybridized carbons (Fsp3) is 0.278. The smallest absolute Gasteiger partial charge is 0.193 e. The van der Waals surface area contributed by atoms with Crippen molar-refractivity contribution in [2.75, 3.05) is 19.0 Å². The highest BCUT2D eigenvalue weighted by Gasteiger charge is 1.97. The minimum atomic E-state index is 0.426. The summed E-state index contributed by atoms with van der Waals surface area (Å²) in [7, 11) is 1.64. The number of nitrogens with zero attached hydrogens (tertiary/aromatic N) is 1. The van der Waals surface area contributed by atoms with Crippen LogP contribution >= 0.6 is 0 Å². The Hall–Kier alpha value is -2.49. The second-order valence-electron chi connectivity index (χ2n) is 5.04. The van der Waals surface area contributed by atoms with Crippen LogP contribution in [0, 0.1) is 0 Å². The zero-order valence-corrected chi connectivity index (χ0v) is 13.2. The predicted molar refractivity (Wildman–Crippen MR) is 92.6 cm³/mol. The van der Waals surface area contributed by atoms with Crippen LogP contribution in [-0.2, 0) is 12.8 Å². The first-order chi connectivity index (χ1) is 10.7. The summed E-state index contributed by atoms with van der Waals surface area (Å²) in [4.78, 5) is 4.35. The monoisotopic (exact) mass is 297 g/mol. The van der Waals surface area contributed by atoms with Gasteiger partial charge in [0.05, 0.1) is 7.11 Å². The maximum atomic E-state index is 5.89. The van der Waals surface area contributed by atoms with Crippen LogP contribution in [0.1, 0.15) is 18.1 Å². The third-order valence-electron chi connectivity index (χ3n) is 3.48. The van der Waals surface area contributed by atoms with E-state index in [1.165, 1.54) is 11.1 Å². The first-order valence-corrected chi connectivity index (χ1v) is 7.50. The lowest BCUT2D eigenvalue weighted by molar-refractivity contribution is 0.415. The molecule has 22 heavy (non-hydrogen) atoms. The Morgan fingerprint density at radius 3 is 2.27 bits per heavy atom. The van der Waals surface area contributed by atoms with Gasteiger partial charge in [0.25, 0.3) is 0 Å². The minimum Gasteiger partial charge on any atom is -0.497 e. The number of aliphatic imine (C=N–C) groups is 1. The number of guanidine groups is 1. The van der Waals surface area contributed by atoms with Crippen molar-refractivity contribution in [2.24, 2.45) is 10.7 Å². The lowest BCUT2D eigenvalue weighted by Crippen LogP contribution is -2.23. The second kappa shape index (κ2) is 8.08. The molecular formula is C18H23N3O. The van der Waals surface area contributed by atoms with Crippen molar-refractivity contribution >= 4 is 11.6 Å². The van der Waals surface area contributed by atoms with Crippen LogP contribution in [0.4, 0.5) is 5.69 Å². The molecule has 0 aromatic heterocycles. The van der Waals surface area contributed by atoms with Gasteiger partial charge in [-0.25, -0.2) is 0 Å². The quantitative estimate of drug-likeness (QED) is 0.635. The van der Waals surface area contributed by atoms with Gasteiger partial charge in [-0.15, -0.1) is 0 Å². The molecule has 4 nitrogen and oxygen atoms in total. The Balaban J connectivity index is 1.83. The van der Waals surface area contributed by atoms with Crippen molar-refractivity contribution < 1.29 is 4.74 Å². The zero-order valence-electron chi connectivity index (χ0n) is 13.2. The van der Waals surface area contributed by atoms with Crippen molar-refractivity contribution in [2.45, 2.75) is 19.8 Å². The predicted octanol–water partition coefficient (Wildman–Crippen LogP) is 3.23. The molecule has 4 heteroatoms. The van der Waals surface area contributed by atoms with Crippen molar-refractivity contribution in [3.63, 3.8) is 0 Å². The van der Waals surface area contributed by atoms with Gasteiger partial charge in [-0.1, -0.05) is 31.2 Å². The van der Waals surface area contributed by atoms with E-state index in [9.17, 15) is 0 Å². The van der Waals surface area contributed by atoms with E-state index in [0.29, 0.717) is 12.5 Å². The number of benzene rings is 2. The number of anilines is 1. The Morgan fingerprint density at radius 2 is 1.68 bits per heavy atom. The van der Waals surface area contributed by atoms with Gasteiger partial charge in [-0.2, -0.15) is 0 Å². The molecule has 0 unspecified atom stereocenters. The summed E-state index contributed by atoms with van der Waals surface area (Å²) in [5, 5.41) is 3.07. The maximum Gasteiger partial charge on any atom is 0.193 e. The van der Waals surface area contributed by atoms with E-state index in [4.69, 9.17) is 10.5 Å². The van der Waals surface area contributed by atoms with Crippen LogP contribution in [0.25, 0.3) is 0 Å². The molecule has 2 aromatic rings. The van der Waals surface area contributed by atoms with Gasteiger partial charge in [0.2, 0.25) is 0 Å². The van der Waals surface area contributed by atoms with Crippen LogP contribution in [-0.4, -0.2) is 19.6 Å². The molecule has 2 rings (SSSR count). The number of hydrogen-bond acceptors (Lipinski definition) is 2. The standard InChI is InChI=1S/C18H23N3O/c1-3-14-4-6-15(7-5-14)12-13-20-18(19)21-16-8-10-17(22-2)11-9-16/h4-11H,3,12-13H2,1-2H3,(H3,19,20,21). The highest BCUT2D eigenvalue weighted by Crippen LogP contribution is 2.14. The van der Waals surface area contributed by atoms with Gasteiger partial charge in [-0.3, -0.25) is 4.99 Å². The fourth-order valence-corrected chi connectivity index (χ4v) is 2.11. The molecule has 116 valence electrons. The summed E-state index contributed by atoms with van der Waals surface area (Å²) in [6.45, 7) is 2.82. The number of nitrogens with one attached hydrogen (secondary N) is 1. The Bertz CT molecular complexity index is 603. The van der Waals surface area contributed by atoms with Gasteiger partial charge in [-0.05, 0) is 48.2 Å². The average molecular weight is 297 g/mol. The molecule has 0 fully saturated rings. The normalized spacial score (nSPS) is 11.3.